The first-order valence-corrected chi connectivity index (χ1v) is 5.67. The van der Waals surface area contributed by atoms with Gasteiger partial charge < -0.3 is 4.98 Å². The van der Waals surface area contributed by atoms with Gasteiger partial charge in [0.25, 0.3) is 5.56 Å². The smallest absolute Gasteiger partial charge is 0.251 e. The van der Waals surface area contributed by atoms with Gasteiger partial charge >= 0.3 is 0 Å². The molecule has 0 fully saturated rings. The molecule has 13 heavy (non-hydrogen) atoms. The van der Waals surface area contributed by atoms with Crippen LogP contribution in [0, 0.1) is 6.92 Å². The number of aromatic nitrogens is 2. The number of sulfone groups is 1. The molecule has 1 rings (SSSR count). The van der Waals surface area contributed by atoms with Crippen LogP contribution in [0.25, 0.3) is 0 Å². The van der Waals surface area contributed by atoms with Crippen LogP contribution in [0.5, 0.6) is 0 Å². The molecule has 0 saturated heterocycles. The Hall–Kier alpha value is -1.17. The van der Waals surface area contributed by atoms with Crippen LogP contribution in [-0.2, 0) is 15.6 Å². The third kappa shape index (κ3) is 3.37. The molecule has 6 heteroatoms. The van der Waals surface area contributed by atoms with Gasteiger partial charge in [-0.3, -0.25) is 4.79 Å². The van der Waals surface area contributed by atoms with Crippen LogP contribution in [0.4, 0.5) is 0 Å². The second-order valence-corrected chi connectivity index (χ2v) is 5.04. The molecule has 0 atom stereocenters. The lowest BCUT2D eigenvalue weighted by molar-refractivity contribution is 0.599. The molecule has 1 N–H and O–H groups in total. The number of aromatic amines is 1. The number of nitrogens with one attached hydrogen (secondary N) is 1. The van der Waals surface area contributed by atoms with E-state index in [0.717, 1.165) is 6.26 Å². The average Bonchev–Trinajstić information content (AvgIpc) is 1.78. The van der Waals surface area contributed by atoms with E-state index >= 15 is 0 Å². The second kappa shape index (κ2) is 3.29. The summed E-state index contributed by atoms with van der Waals surface area (Å²) in [5, 5.41) is 0. The average molecular weight is 202 g/mol. The molecule has 0 spiro atoms. The molecule has 0 radical (unpaired) electrons. The highest BCUT2D eigenvalue weighted by Crippen LogP contribution is 1.96. The number of H-pyrrole nitrogens is 1. The minimum atomic E-state index is -3.14. The second-order valence-electron chi connectivity index (χ2n) is 2.90. The molecule has 0 amide bonds. The summed E-state index contributed by atoms with van der Waals surface area (Å²) in [6, 6.07) is 1.31. The minimum absolute atomic E-state index is 0.188. The van der Waals surface area contributed by atoms with E-state index in [1.165, 1.54) is 6.07 Å². The van der Waals surface area contributed by atoms with Gasteiger partial charge in [-0.15, -0.1) is 0 Å². The van der Waals surface area contributed by atoms with Crippen LogP contribution in [0.2, 0.25) is 0 Å². The van der Waals surface area contributed by atoms with Crippen molar-refractivity contribution in [1.29, 1.82) is 0 Å². The molecule has 0 unspecified atom stereocenters. The largest absolute Gasteiger partial charge is 0.310 e. The lowest BCUT2D eigenvalue weighted by atomic mass is 10.4. The van der Waals surface area contributed by atoms with E-state index in [0.29, 0.717) is 5.69 Å². The zero-order valence-corrected chi connectivity index (χ0v) is 8.18. The third-order valence-corrected chi connectivity index (χ3v) is 2.12. The Bertz CT molecular complexity index is 461. The highest BCUT2D eigenvalue weighted by molar-refractivity contribution is 7.89. The summed E-state index contributed by atoms with van der Waals surface area (Å²) in [5.41, 5.74) is 0.188. The van der Waals surface area contributed by atoms with Crippen LogP contribution < -0.4 is 5.56 Å². The molecule has 72 valence electrons. The Morgan fingerprint density at radius 2 is 2.15 bits per heavy atom. The van der Waals surface area contributed by atoms with Gasteiger partial charge in [0.2, 0.25) is 0 Å². The van der Waals surface area contributed by atoms with Crippen LogP contribution in [0.15, 0.2) is 10.9 Å². The quantitative estimate of drug-likeness (QED) is 0.709. The van der Waals surface area contributed by atoms with Gasteiger partial charge in [-0.25, -0.2) is 13.4 Å². The van der Waals surface area contributed by atoms with Crippen molar-refractivity contribution in [2.75, 3.05) is 6.26 Å². The predicted molar refractivity (Wildman–Crippen MR) is 48.1 cm³/mol. The molecule has 0 saturated carbocycles. The molecule has 1 aromatic heterocycles. The minimum Gasteiger partial charge on any atom is -0.310 e. The van der Waals surface area contributed by atoms with Crippen molar-refractivity contribution in [2.24, 2.45) is 0 Å². The summed E-state index contributed by atoms with van der Waals surface area (Å²) in [4.78, 5) is 17.2. The van der Waals surface area contributed by atoms with Gasteiger partial charge in [0.15, 0.2) is 9.84 Å². The predicted octanol–water partition coefficient (Wildman–Crippen LogP) is -0.377. The molecule has 0 aliphatic carbocycles. The van der Waals surface area contributed by atoms with Gasteiger partial charge in [0.05, 0.1) is 0 Å². The number of hydrogen-bond acceptors (Lipinski definition) is 4. The first-order chi connectivity index (χ1) is 5.87. The number of aryl methyl sites for hydroxylation is 1. The Morgan fingerprint density at radius 1 is 1.54 bits per heavy atom. The summed E-state index contributed by atoms with van der Waals surface area (Å²) in [6.07, 6.45) is 1.09. The first-order valence-electron chi connectivity index (χ1n) is 3.61. The van der Waals surface area contributed by atoms with E-state index in [1.54, 1.807) is 6.92 Å². The lowest BCUT2D eigenvalue weighted by Gasteiger charge is -1.98. The molecule has 0 aliphatic heterocycles. The van der Waals surface area contributed by atoms with E-state index in [1.807, 2.05) is 0 Å². The zero-order valence-electron chi connectivity index (χ0n) is 7.36. The Balaban J connectivity index is 3.10. The highest BCUT2D eigenvalue weighted by Gasteiger charge is 2.06. The summed E-state index contributed by atoms with van der Waals surface area (Å²) < 4.78 is 21.7. The van der Waals surface area contributed by atoms with E-state index in [-0.39, 0.29) is 17.1 Å². The van der Waals surface area contributed by atoms with Crippen LogP contribution in [-0.4, -0.2) is 24.6 Å². The summed E-state index contributed by atoms with van der Waals surface area (Å²) in [6.45, 7) is 1.64. The van der Waals surface area contributed by atoms with Gasteiger partial charge in [-0.2, -0.15) is 0 Å². The van der Waals surface area contributed by atoms with Crippen molar-refractivity contribution in [2.45, 2.75) is 12.7 Å². The van der Waals surface area contributed by atoms with Gasteiger partial charge in [-0.1, -0.05) is 0 Å². The molecule has 0 bridgehead atoms. The van der Waals surface area contributed by atoms with Crippen molar-refractivity contribution >= 4 is 9.84 Å². The Kier molecular flexibility index (Phi) is 2.51. The molecule has 1 heterocycles. The standard InChI is InChI=1S/C7H10N2O3S/c1-5-3-7(10)9-6(8-5)4-13(2,11)12/h3H,4H2,1-2H3,(H,8,9,10). The highest BCUT2D eigenvalue weighted by atomic mass is 32.2. The van der Waals surface area contributed by atoms with E-state index < -0.39 is 9.84 Å². The van der Waals surface area contributed by atoms with Crippen molar-refractivity contribution in [3.63, 3.8) is 0 Å². The van der Waals surface area contributed by atoms with Crippen molar-refractivity contribution in [1.82, 2.24) is 9.97 Å². The third-order valence-electron chi connectivity index (χ3n) is 1.32. The molecule has 5 nitrogen and oxygen atoms in total. The fourth-order valence-corrected chi connectivity index (χ4v) is 1.59. The maximum Gasteiger partial charge on any atom is 0.251 e. The van der Waals surface area contributed by atoms with Crippen LogP contribution in [0.3, 0.4) is 0 Å². The normalized spacial score (nSPS) is 11.5. The van der Waals surface area contributed by atoms with Gasteiger partial charge in [0, 0.05) is 18.0 Å². The van der Waals surface area contributed by atoms with Gasteiger partial charge in [0.1, 0.15) is 11.6 Å². The maximum absolute atomic E-state index is 10.9. The summed E-state index contributed by atoms with van der Waals surface area (Å²) in [7, 11) is -3.14. The maximum atomic E-state index is 10.9. The number of hydrogen-bond donors (Lipinski definition) is 1. The number of nitrogens with zero attached hydrogens (tertiary/aromatic N) is 1. The van der Waals surface area contributed by atoms with Crippen molar-refractivity contribution in [3.8, 4) is 0 Å². The van der Waals surface area contributed by atoms with E-state index in [2.05, 4.69) is 9.97 Å². The molecule has 0 aromatic carbocycles. The SMILES string of the molecule is Cc1cc(=O)[nH]c(CS(C)(=O)=O)n1. The molecular formula is C7H10N2O3S. The lowest BCUT2D eigenvalue weighted by Crippen LogP contribution is -2.14. The summed E-state index contributed by atoms with van der Waals surface area (Å²) >= 11 is 0. The van der Waals surface area contributed by atoms with Crippen LogP contribution >= 0.6 is 0 Å². The molecular weight excluding hydrogens is 192 g/mol. The van der Waals surface area contributed by atoms with Crippen molar-refractivity contribution < 1.29 is 8.42 Å². The fraction of sp³-hybridized carbons (Fsp3) is 0.429. The topological polar surface area (TPSA) is 79.9 Å². The summed E-state index contributed by atoms with van der Waals surface area (Å²) in [5.74, 6) is -0.0447. The zero-order chi connectivity index (χ0) is 10.1. The molecule has 1 aromatic rings. The van der Waals surface area contributed by atoms with E-state index in [9.17, 15) is 13.2 Å². The molecule has 0 aliphatic rings. The number of rotatable bonds is 2. The Labute approximate surface area is 75.8 Å². The fourth-order valence-electron chi connectivity index (χ4n) is 0.958. The first kappa shape index (κ1) is 9.91. The van der Waals surface area contributed by atoms with Crippen LogP contribution in [0.1, 0.15) is 11.5 Å². The monoisotopic (exact) mass is 202 g/mol. The van der Waals surface area contributed by atoms with E-state index in [4.69, 9.17) is 0 Å². The van der Waals surface area contributed by atoms with Crippen molar-refractivity contribution in [3.05, 3.63) is 27.9 Å². The van der Waals surface area contributed by atoms with Gasteiger partial charge in [-0.05, 0) is 6.92 Å². The Morgan fingerprint density at radius 3 is 2.62 bits per heavy atom.